The molecule has 0 aliphatic carbocycles. The molecule has 25 heavy (non-hydrogen) atoms. The second-order valence-electron chi connectivity index (χ2n) is 5.84. The van der Waals surface area contributed by atoms with Crippen LogP contribution in [0.4, 0.5) is 11.5 Å². The molecule has 130 valence electrons. The van der Waals surface area contributed by atoms with Crippen molar-refractivity contribution in [3.05, 3.63) is 35.6 Å². The van der Waals surface area contributed by atoms with Crippen molar-refractivity contribution in [2.24, 2.45) is 0 Å². The molecule has 1 aliphatic heterocycles. The van der Waals surface area contributed by atoms with E-state index in [0.717, 1.165) is 42.7 Å². The molecule has 4 rings (SSSR count). The fourth-order valence-electron chi connectivity index (χ4n) is 2.90. The Morgan fingerprint density at radius 2 is 2.08 bits per heavy atom. The van der Waals surface area contributed by atoms with Crippen molar-refractivity contribution >= 4 is 46.0 Å². The maximum absolute atomic E-state index is 5.96. The van der Waals surface area contributed by atoms with Crippen molar-refractivity contribution in [1.82, 2.24) is 19.5 Å². The van der Waals surface area contributed by atoms with Gasteiger partial charge in [-0.15, -0.1) is 0 Å². The standard InChI is InChI=1S/C17H18ClN5OS/c1-25-17-21-15(20-12-7-5-11(18)6-8-12)14-16(22-17)23(10-19-14)13-4-2-3-9-24-13/h5-8,10,13H,2-4,9H2,1H3,(H,20,21,22). The maximum atomic E-state index is 5.96. The minimum absolute atomic E-state index is 0.00765. The van der Waals surface area contributed by atoms with Gasteiger partial charge in [0.25, 0.3) is 0 Å². The van der Waals surface area contributed by atoms with E-state index in [4.69, 9.17) is 16.3 Å². The summed E-state index contributed by atoms with van der Waals surface area (Å²) in [6, 6.07) is 7.50. The number of nitrogens with one attached hydrogen (secondary N) is 1. The summed E-state index contributed by atoms with van der Waals surface area (Å²) in [4.78, 5) is 13.8. The molecule has 1 aromatic carbocycles. The van der Waals surface area contributed by atoms with Gasteiger partial charge >= 0.3 is 0 Å². The minimum atomic E-state index is -0.00765. The molecule has 1 fully saturated rings. The molecule has 1 aliphatic rings. The Labute approximate surface area is 155 Å². The molecular formula is C17H18ClN5OS. The summed E-state index contributed by atoms with van der Waals surface area (Å²) in [7, 11) is 0. The first-order chi connectivity index (χ1) is 12.2. The van der Waals surface area contributed by atoms with Crippen molar-refractivity contribution in [1.29, 1.82) is 0 Å². The van der Waals surface area contributed by atoms with Crippen molar-refractivity contribution in [2.45, 2.75) is 30.6 Å². The molecule has 1 unspecified atom stereocenters. The smallest absolute Gasteiger partial charge is 0.191 e. The highest BCUT2D eigenvalue weighted by atomic mass is 35.5. The van der Waals surface area contributed by atoms with Crippen LogP contribution in [0, 0.1) is 0 Å². The number of thioether (sulfide) groups is 1. The van der Waals surface area contributed by atoms with E-state index in [1.807, 2.05) is 35.1 Å². The monoisotopic (exact) mass is 375 g/mol. The van der Waals surface area contributed by atoms with Gasteiger partial charge in [0.05, 0.1) is 6.33 Å². The van der Waals surface area contributed by atoms with E-state index in [1.54, 1.807) is 6.33 Å². The van der Waals surface area contributed by atoms with Crippen LogP contribution in [-0.2, 0) is 4.74 Å². The summed E-state index contributed by atoms with van der Waals surface area (Å²) in [6.07, 6.45) is 6.99. The molecule has 0 spiro atoms. The summed E-state index contributed by atoms with van der Waals surface area (Å²) in [5.41, 5.74) is 2.43. The fourth-order valence-corrected chi connectivity index (χ4v) is 3.39. The van der Waals surface area contributed by atoms with Gasteiger partial charge in [-0.3, -0.25) is 4.57 Å². The zero-order valence-electron chi connectivity index (χ0n) is 13.8. The maximum Gasteiger partial charge on any atom is 0.191 e. The van der Waals surface area contributed by atoms with Crippen LogP contribution in [0.25, 0.3) is 11.2 Å². The second kappa shape index (κ2) is 7.19. The molecule has 3 aromatic rings. The molecule has 0 bridgehead atoms. The number of aromatic nitrogens is 4. The van der Waals surface area contributed by atoms with Gasteiger partial charge in [0.2, 0.25) is 0 Å². The number of halogens is 1. The average Bonchev–Trinajstić information content (AvgIpc) is 3.08. The zero-order valence-corrected chi connectivity index (χ0v) is 15.3. The first-order valence-corrected chi connectivity index (χ1v) is 9.77. The van der Waals surface area contributed by atoms with Gasteiger partial charge < -0.3 is 10.1 Å². The Morgan fingerprint density at radius 3 is 2.80 bits per heavy atom. The lowest BCUT2D eigenvalue weighted by molar-refractivity contribution is -0.0298. The van der Waals surface area contributed by atoms with E-state index in [1.165, 1.54) is 11.8 Å². The van der Waals surface area contributed by atoms with Crippen molar-refractivity contribution in [3.63, 3.8) is 0 Å². The predicted molar refractivity (Wildman–Crippen MR) is 101 cm³/mol. The molecule has 3 heterocycles. The number of imidazole rings is 1. The summed E-state index contributed by atoms with van der Waals surface area (Å²) < 4.78 is 7.91. The third kappa shape index (κ3) is 3.44. The normalized spacial score (nSPS) is 17.8. The van der Waals surface area contributed by atoms with Crippen LogP contribution in [0.5, 0.6) is 0 Å². The highest BCUT2D eigenvalue weighted by Crippen LogP contribution is 2.30. The minimum Gasteiger partial charge on any atom is -0.358 e. The van der Waals surface area contributed by atoms with Gasteiger partial charge in [-0.05, 0) is 49.8 Å². The predicted octanol–water partition coefficient (Wildman–Crippen LogP) is 4.64. The zero-order chi connectivity index (χ0) is 17.2. The summed E-state index contributed by atoms with van der Waals surface area (Å²) in [6.45, 7) is 0.778. The number of anilines is 2. The topological polar surface area (TPSA) is 64.9 Å². The van der Waals surface area contributed by atoms with E-state index >= 15 is 0 Å². The van der Waals surface area contributed by atoms with Crippen LogP contribution in [0.3, 0.4) is 0 Å². The number of ether oxygens (including phenoxy) is 1. The van der Waals surface area contributed by atoms with E-state index in [0.29, 0.717) is 16.0 Å². The highest BCUT2D eigenvalue weighted by molar-refractivity contribution is 7.98. The van der Waals surface area contributed by atoms with Gasteiger partial charge in [-0.25, -0.2) is 15.0 Å². The largest absolute Gasteiger partial charge is 0.358 e. The summed E-state index contributed by atoms with van der Waals surface area (Å²) in [5.74, 6) is 0.686. The number of nitrogens with zero attached hydrogens (tertiary/aromatic N) is 4. The molecule has 0 radical (unpaired) electrons. The Hall–Kier alpha value is -1.83. The molecule has 0 amide bonds. The number of hydrogen-bond acceptors (Lipinski definition) is 6. The SMILES string of the molecule is CSc1nc(Nc2ccc(Cl)cc2)c2ncn(C3CCCCO3)c2n1. The molecule has 0 saturated carbocycles. The molecule has 8 heteroatoms. The Bertz CT molecular complexity index is 877. The summed E-state index contributed by atoms with van der Waals surface area (Å²) >= 11 is 7.46. The molecular weight excluding hydrogens is 358 g/mol. The van der Waals surface area contributed by atoms with E-state index in [-0.39, 0.29) is 6.23 Å². The molecule has 1 saturated heterocycles. The summed E-state index contributed by atoms with van der Waals surface area (Å²) in [5, 5.41) is 4.72. The number of benzene rings is 1. The third-order valence-corrected chi connectivity index (χ3v) is 4.96. The lowest BCUT2D eigenvalue weighted by Gasteiger charge is -2.23. The Kier molecular flexibility index (Phi) is 4.78. The molecule has 1 atom stereocenters. The Balaban J connectivity index is 1.75. The first-order valence-electron chi connectivity index (χ1n) is 8.17. The van der Waals surface area contributed by atoms with Crippen LogP contribution in [-0.4, -0.2) is 32.4 Å². The highest BCUT2D eigenvalue weighted by Gasteiger charge is 2.21. The van der Waals surface area contributed by atoms with Gasteiger partial charge in [0.1, 0.15) is 6.23 Å². The third-order valence-electron chi connectivity index (χ3n) is 4.16. The fraction of sp³-hybridized carbons (Fsp3) is 0.353. The van der Waals surface area contributed by atoms with Crippen LogP contribution in [0.1, 0.15) is 25.5 Å². The van der Waals surface area contributed by atoms with Gasteiger partial charge in [0, 0.05) is 17.3 Å². The second-order valence-corrected chi connectivity index (χ2v) is 7.05. The average molecular weight is 376 g/mol. The first kappa shape index (κ1) is 16.6. The number of hydrogen-bond donors (Lipinski definition) is 1. The van der Waals surface area contributed by atoms with Crippen molar-refractivity contribution in [3.8, 4) is 0 Å². The van der Waals surface area contributed by atoms with Crippen LogP contribution < -0.4 is 5.32 Å². The molecule has 1 N–H and O–H groups in total. The van der Waals surface area contributed by atoms with Crippen LogP contribution >= 0.6 is 23.4 Å². The number of rotatable bonds is 4. The lowest BCUT2D eigenvalue weighted by atomic mass is 10.2. The molecule has 6 nitrogen and oxygen atoms in total. The number of fused-ring (bicyclic) bond motifs is 1. The molecule has 2 aromatic heterocycles. The Morgan fingerprint density at radius 1 is 1.24 bits per heavy atom. The van der Waals surface area contributed by atoms with Crippen LogP contribution in [0.2, 0.25) is 5.02 Å². The quantitative estimate of drug-likeness (QED) is 0.529. The van der Waals surface area contributed by atoms with Gasteiger partial charge in [-0.2, -0.15) is 0 Å². The van der Waals surface area contributed by atoms with Crippen LogP contribution in [0.15, 0.2) is 35.7 Å². The van der Waals surface area contributed by atoms with E-state index < -0.39 is 0 Å². The van der Waals surface area contributed by atoms with E-state index in [9.17, 15) is 0 Å². The van der Waals surface area contributed by atoms with Gasteiger partial charge in [-0.1, -0.05) is 23.4 Å². The van der Waals surface area contributed by atoms with Crippen molar-refractivity contribution in [2.75, 3.05) is 18.2 Å². The van der Waals surface area contributed by atoms with E-state index in [2.05, 4.69) is 20.3 Å². The van der Waals surface area contributed by atoms with Crippen molar-refractivity contribution < 1.29 is 4.74 Å². The van der Waals surface area contributed by atoms with Gasteiger partial charge in [0.15, 0.2) is 22.1 Å². The lowest BCUT2D eigenvalue weighted by Crippen LogP contribution is -2.17.